The van der Waals surface area contributed by atoms with Crippen molar-refractivity contribution >= 4 is 117 Å². The van der Waals surface area contributed by atoms with Crippen molar-refractivity contribution in [1.29, 1.82) is 0 Å². The fourth-order valence-corrected chi connectivity index (χ4v) is 12.9. The standard InChI is InChI=1S/C81H102ClN15O16/c1-46(2)79(110)96(9)70(78(109)89-62(19-12-13-36-84-47(3)4)80(111)97-37-15-20-69(97)77(108)85-48(5)81(112)113)95-75(106)66(41-54-26-33-61(34-27-54)87-50(7)100)91-73(104)65(40-53-24-31-60(32-25-53)86-49(6)99)93-76(107)68(45-98)94-74(105)67(43-56-16-14-35-83-44-56)92-72(103)64(39-52-22-29-59(82)30-23-52)90-71(102)63(88-51(8)101)42-55-21-28-57-17-10-11-18-58(57)38-55/h10-11,14,16-18,21-35,38,44,46-48,62-70,84,98H,12-13,15,19-20,36-37,39-43,45H2,1-9H3,(H,85,108)(H,86,99)(H,87,100)(H,88,101)(H,89,109)(H,90,102)(H,91,104)(H,92,103)(H,93,107)(H,94,105)(H,95,106)(H,112,113)/t48-,62+,63-,64-,65+,66-,67-,68+,69+,70?/m1/s1. The van der Waals surface area contributed by atoms with Crippen LogP contribution < -0.4 is 63.8 Å². The molecule has 0 aliphatic carbocycles. The second-order valence-corrected chi connectivity index (χ2v) is 29.1. The van der Waals surface area contributed by atoms with Gasteiger partial charge in [0.1, 0.15) is 54.4 Å². The molecular weight excluding hydrogens is 1470 g/mol. The van der Waals surface area contributed by atoms with Gasteiger partial charge in [-0.3, -0.25) is 72.1 Å². The van der Waals surface area contributed by atoms with Gasteiger partial charge in [-0.2, -0.15) is 0 Å². The molecule has 1 unspecified atom stereocenters. The fraction of sp³-hybridized carbons (Fsp3) is 0.420. The molecule has 0 radical (unpaired) electrons. The fourth-order valence-electron chi connectivity index (χ4n) is 12.7. The molecule has 7 rings (SSSR count). The number of fused-ring (bicyclic) bond motifs is 1. The molecule has 14 N–H and O–H groups in total. The molecule has 13 amide bonds. The van der Waals surface area contributed by atoms with E-state index in [-0.39, 0.29) is 57.5 Å². The average molecular weight is 1580 g/mol. The van der Waals surface area contributed by atoms with E-state index in [1.165, 1.54) is 88.4 Å². The average Bonchev–Trinajstić information content (AvgIpc) is 1.52. The number of carbonyl (C=O) groups excluding carboxylic acids is 13. The van der Waals surface area contributed by atoms with Crippen molar-refractivity contribution in [3.05, 3.63) is 173 Å². The molecular formula is C81H102ClN15O16. The van der Waals surface area contributed by atoms with E-state index in [0.717, 1.165) is 15.7 Å². The molecule has 1 aliphatic rings. The first-order chi connectivity index (χ1) is 53.7. The summed E-state index contributed by atoms with van der Waals surface area (Å²) in [7, 11) is 1.24. The minimum Gasteiger partial charge on any atom is -0.480 e. The number of rotatable bonds is 40. The number of unbranched alkanes of at least 4 members (excludes halogenated alkanes) is 1. The first-order valence-electron chi connectivity index (χ1n) is 37.4. The SMILES string of the molecule is CC(=O)Nc1ccc(C[C@H](NC(=O)[C@H](CO)NC(=O)[C@@H](Cc2cccnc2)NC(=O)[C@@H](Cc2ccc(Cl)cc2)NC(=O)[C@@H](Cc2ccc3ccccc3c2)NC(C)=O)C(=O)N[C@H](Cc2ccc(NC(C)=O)cc2)C(=O)NC(C(=O)N[C@@H](CCCCNC(C)C)C(=O)N2CCC[C@H]2C(=O)N[C@H](C)C(=O)O)N(C)C(=O)C(C)C)cc1. The summed E-state index contributed by atoms with van der Waals surface area (Å²) in [5, 5.41) is 55.3. The highest BCUT2D eigenvalue weighted by Crippen LogP contribution is 2.23. The zero-order valence-corrected chi connectivity index (χ0v) is 65.5. The zero-order valence-electron chi connectivity index (χ0n) is 64.7. The number of nitrogens with one attached hydrogen (secondary N) is 12. The van der Waals surface area contributed by atoms with E-state index < -0.39 is 156 Å². The van der Waals surface area contributed by atoms with Crippen LogP contribution in [0.25, 0.3) is 10.8 Å². The van der Waals surface area contributed by atoms with Crippen LogP contribution in [0.3, 0.4) is 0 Å². The molecule has 1 aromatic heterocycles. The Morgan fingerprint density at radius 2 is 0.965 bits per heavy atom. The second-order valence-electron chi connectivity index (χ2n) is 28.6. The number of hydrogen-bond acceptors (Lipinski definition) is 17. The molecule has 1 saturated heterocycles. The summed E-state index contributed by atoms with van der Waals surface area (Å²) in [6.07, 6.45) is 1.21. The molecule has 5 aromatic carbocycles. The summed E-state index contributed by atoms with van der Waals surface area (Å²) in [5.74, 6) is -12.6. The Hall–Kier alpha value is -11.7. The molecule has 1 fully saturated rings. The maximum atomic E-state index is 15.4. The van der Waals surface area contributed by atoms with Gasteiger partial charge in [0.15, 0.2) is 6.17 Å². The molecule has 2 heterocycles. The molecule has 10 atom stereocenters. The number of aliphatic carboxylic acids is 1. The van der Waals surface area contributed by atoms with Crippen LogP contribution in [0, 0.1) is 5.92 Å². The number of nitrogens with zero attached hydrogens (tertiary/aromatic N) is 3. The van der Waals surface area contributed by atoms with Crippen molar-refractivity contribution in [3.63, 3.8) is 0 Å². The molecule has 32 heteroatoms. The van der Waals surface area contributed by atoms with Gasteiger partial charge >= 0.3 is 5.97 Å². The van der Waals surface area contributed by atoms with Crippen molar-refractivity contribution in [2.24, 2.45) is 5.92 Å². The first kappa shape index (κ1) is 88.5. The van der Waals surface area contributed by atoms with E-state index in [4.69, 9.17) is 11.6 Å². The Morgan fingerprint density at radius 1 is 0.504 bits per heavy atom. The molecule has 1 aliphatic heterocycles. The van der Waals surface area contributed by atoms with E-state index in [2.05, 4.69) is 68.8 Å². The van der Waals surface area contributed by atoms with Gasteiger partial charge in [-0.1, -0.05) is 124 Å². The monoisotopic (exact) mass is 1580 g/mol. The largest absolute Gasteiger partial charge is 0.480 e. The molecule has 6 aromatic rings. The van der Waals surface area contributed by atoms with Crippen molar-refractivity contribution in [3.8, 4) is 0 Å². The topological polar surface area (TPSA) is 443 Å². The lowest BCUT2D eigenvalue weighted by Crippen LogP contribution is -2.64. The lowest BCUT2D eigenvalue weighted by Gasteiger charge is -2.33. The number of carbonyl (C=O) groups is 14. The van der Waals surface area contributed by atoms with Crippen LogP contribution in [0.15, 0.2) is 140 Å². The van der Waals surface area contributed by atoms with Gasteiger partial charge in [0.25, 0.3) is 5.91 Å². The molecule has 0 spiro atoms. The third-order valence-electron chi connectivity index (χ3n) is 18.6. The normalized spacial score (nSPS) is 14.9. The highest BCUT2D eigenvalue weighted by atomic mass is 35.5. The van der Waals surface area contributed by atoms with Crippen LogP contribution in [-0.2, 0) is 99.2 Å². The molecule has 604 valence electrons. The first-order valence-corrected chi connectivity index (χ1v) is 37.8. The Morgan fingerprint density at radius 3 is 1.44 bits per heavy atom. The number of aliphatic hydroxyl groups excluding tert-OH is 1. The van der Waals surface area contributed by atoms with Crippen molar-refractivity contribution in [1.82, 2.24) is 68.0 Å². The Labute approximate surface area is 660 Å². The predicted molar refractivity (Wildman–Crippen MR) is 422 cm³/mol. The number of likely N-dealkylation sites (N-methyl/N-ethyl adjacent to an activating group) is 1. The predicted octanol–water partition coefficient (Wildman–Crippen LogP) is 3.03. The molecule has 31 nitrogen and oxygen atoms in total. The molecule has 113 heavy (non-hydrogen) atoms. The number of pyridine rings is 1. The highest BCUT2D eigenvalue weighted by molar-refractivity contribution is 6.30. The number of anilines is 2. The minimum atomic E-state index is -1.92. The van der Waals surface area contributed by atoms with E-state index >= 15 is 14.4 Å². The smallest absolute Gasteiger partial charge is 0.325 e. The summed E-state index contributed by atoms with van der Waals surface area (Å²) >= 11 is 6.26. The van der Waals surface area contributed by atoms with Gasteiger partial charge in [0.2, 0.25) is 70.9 Å². The van der Waals surface area contributed by atoms with Crippen molar-refractivity contribution in [2.75, 3.05) is 37.4 Å². The third-order valence-corrected chi connectivity index (χ3v) is 18.9. The minimum absolute atomic E-state index is 0.00796. The number of carboxylic acid groups (broad SMARTS) is 1. The Kier molecular flexibility index (Phi) is 33.8. The summed E-state index contributed by atoms with van der Waals surface area (Å²) in [6, 6.07) is 21.8. The van der Waals surface area contributed by atoms with Crippen LogP contribution in [0.1, 0.15) is 115 Å². The van der Waals surface area contributed by atoms with Gasteiger partial charge in [-0.15, -0.1) is 0 Å². The van der Waals surface area contributed by atoms with Gasteiger partial charge in [-0.25, -0.2) is 0 Å². The number of halogens is 1. The van der Waals surface area contributed by atoms with E-state index in [0.29, 0.717) is 70.0 Å². The number of aromatic nitrogens is 1. The maximum Gasteiger partial charge on any atom is 0.325 e. The van der Waals surface area contributed by atoms with Crippen LogP contribution in [-0.4, -0.2) is 201 Å². The van der Waals surface area contributed by atoms with Gasteiger partial charge in [-0.05, 0) is 127 Å². The lowest BCUT2D eigenvalue weighted by atomic mass is 9.99. The summed E-state index contributed by atoms with van der Waals surface area (Å²) in [5.41, 5.74) is 3.08. The Balaban J connectivity index is 1.21. The number of aliphatic hydroxyl groups is 1. The number of hydrogen-bond donors (Lipinski definition) is 14. The third kappa shape index (κ3) is 27.9. The number of likely N-dealkylation sites (tertiary alicyclic amines) is 1. The lowest BCUT2D eigenvalue weighted by molar-refractivity contribution is -0.147. The van der Waals surface area contributed by atoms with Gasteiger partial charge in [0.05, 0.1) is 6.61 Å². The number of carboxylic acids is 1. The summed E-state index contributed by atoms with van der Waals surface area (Å²) in [4.78, 5) is 203. The Bertz CT molecular complexity index is 4340. The molecule has 0 bridgehead atoms. The highest BCUT2D eigenvalue weighted by Gasteiger charge is 2.42. The van der Waals surface area contributed by atoms with Gasteiger partial charge < -0.3 is 83.8 Å². The van der Waals surface area contributed by atoms with E-state index in [1.807, 2.05) is 56.3 Å². The second kappa shape index (κ2) is 43.2. The summed E-state index contributed by atoms with van der Waals surface area (Å²) < 4.78 is 0. The summed E-state index contributed by atoms with van der Waals surface area (Å²) in [6.45, 7) is 11.6. The number of amides is 13. The van der Waals surface area contributed by atoms with Crippen LogP contribution >= 0.6 is 11.6 Å². The van der Waals surface area contributed by atoms with Crippen molar-refractivity contribution < 1.29 is 77.3 Å². The van der Waals surface area contributed by atoms with E-state index in [9.17, 15) is 63.0 Å². The van der Waals surface area contributed by atoms with Gasteiger partial charge in [0, 0.05) is 107 Å². The zero-order chi connectivity index (χ0) is 82.6. The van der Waals surface area contributed by atoms with Crippen LogP contribution in [0.5, 0.6) is 0 Å². The molecule has 0 saturated carbocycles. The van der Waals surface area contributed by atoms with Crippen LogP contribution in [0.2, 0.25) is 5.02 Å². The van der Waals surface area contributed by atoms with Crippen molar-refractivity contribution in [2.45, 2.75) is 186 Å². The number of benzene rings is 5. The quantitative estimate of drug-likeness (QED) is 0.0194. The van der Waals surface area contributed by atoms with Crippen LogP contribution in [0.4, 0.5) is 11.4 Å². The van der Waals surface area contributed by atoms with E-state index in [1.54, 1.807) is 62.4 Å². The maximum absolute atomic E-state index is 15.4.